The molecule has 0 fully saturated rings. The first-order valence-electron chi connectivity index (χ1n) is 2.24. The lowest BCUT2D eigenvalue weighted by Gasteiger charge is -1.67. The highest BCUT2D eigenvalue weighted by Gasteiger charge is 2.09. The highest BCUT2D eigenvalue weighted by Crippen LogP contribution is 2.27. The first-order chi connectivity index (χ1) is 3.27. The normalized spacial score (nSPS) is 10.6. The van der Waals surface area contributed by atoms with Crippen molar-refractivity contribution in [2.75, 3.05) is 0 Å². The van der Waals surface area contributed by atoms with Crippen LogP contribution < -0.4 is 0 Å². The lowest BCUT2D eigenvalue weighted by atomic mass is 10.4. The average molecular weight is 130 g/mol. The topological polar surface area (TPSA) is 0 Å². The summed E-state index contributed by atoms with van der Waals surface area (Å²) in [6.07, 6.45) is 1.05. The van der Waals surface area contributed by atoms with Gasteiger partial charge in [0.1, 0.15) is 0 Å². The van der Waals surface area contributed by atoms with Crippen LogP contribution in [0.2, 0.25) is 0 Å². The number of thiol groups is 1. The van der Waals surface area contributed by atoms with Gasteiger partial charge in [0.25, 0.3) is 0 Å². The molecule has 0 aliphatic heterocycles. The summed E-state index contributed by atoms with van der Waals surface area (Å²) in [6, 6.07) is 0. The van der Waals surface area contributed by atoms with Gasteiger partial charge in [-0.25, -0.2) is 0 Å². The Morgan fingerprint density at radius 1 is 1.71 bits per heavy atom. The predicted molar refractivity (Wildman–Crippen MR) is 36.3 cm³/mol. The molecule has 38 valence electrons. The van der Waals surface area contributed by atoms with Crippen LogP contribution in [0.25, 0.3) is 0 Å². The molecule has 7 heavy (non-hydrogen) atoms. The molecule has 2 heteroatoms. The van der Waals surface area contributed by atoms with Crippen molar-refractivity contribution in [3.8, 4) is 0 Å². The zero-order chi connectivity index (χ0) is 5.44. The number of hydrogen-bond donors (Lipinski definition) is 1. The quantitative estimate of drug-likeness (QED) is 0.449. The third-order valence-corrected chi connectivity index (χ3v) is 2.16. The fourth-order valence-electron chi connectivity index (χ4n) is 0.524. The van der Waals surface area contributed by atoms with Crippen molar-refractivity contribution in [1.29, 1.82) is 0 Å². The second-order valence-electron chi connectivity index (χ2n) is 1.51. The molecule has 0 aromatic heterocycles. The molecule has 0 heterocycles. The minimum atomic E-state index is 0.992. The second-order valence-corrected chi connectivity index (χ2v) is 2.37. The third kappa shape index (κ3) is 0.728. The minimum absolute atomic E-state index is 0.992. The van der Waals surface area contributed by atoms with Crippen molar-refractivity contribution in [2.45, 2.75) is 18.2 Å². The summed E-state index contributed by atoms with van der Waals surface area (Å²) < 4.78 is 0.992. The predicted octanol–water partition coefficient (Wildman–Crippen LogP) is 2.14. The van der Waals surface area contributed by atoms with Crippen molar-refractivity contribution in [3.05, 3.63) is 10.1 Å². The summed E-state index contributed by atoms with van der Waals surface area (Å²) in [5.74, 6) is 0. The molecule has 0 atom stereocenters. The van der Waals surface area contributed by atoms with Crippen LogP contribution in [0.3, 0.4) is 0 Å². The molecule has 0 radical (unpaired) electrons. The van der Waals surface area contributed by atoms with Gasteiger partial charge in [0.05, 0.1) is 4.51 Å². The van der Waals surface area contributed by atoms with E-state index in [1.165, 1.54) is 5.56 Å². The molecule has 0 saturated carbocycles. The van der Waals surface area contributed by atoms with Crippen LogP contribution >= 0.6 is 24.8 Å². The van der Waals surface area contributed by atoms with Gasteiger partial charge >= 0.3 is 0 Å². The molecule has 0 aliphatic carbocycles. The van der Waals surface area contributed by atoms with Gasteiger partial charge in [0.2, 0.25) is 0 Å². The maximum Gasteiger partial charge on any atom is 0.0557 e. The Morgan fingerprint density at radius 2 is 2.14 bits per heavy atom. The van der Waals surface area contributed by atoms with Crippen LogP contribution in [0.4, 0.5) is 0 Å². The van der Waals surface area contributed by atoms with E-state index in [4.69, 9.17) is 12.2 Å². The van der Waals surface area contributed by atoms with Gasteiger partial charge in [-0.15, -0.1) is 12.6 Å². The van der Waals surface area contributed by atoms with Crippen LogP contribution in [0.1, 0.15) is 12.5 Å². The maximum absolute atomic E-state index is 4.84. The van der Waals surface area contributed by atoms with E-state index in [2.05, 4.69) is 19.6 Å². The van der Waals surface area contributed by atoms with E-state index in [1.54, 1.807) is 0 Å². The molecule has 0 amide bonds. The molecule has 0 saturated heterocycles. The largest absolute Gasteiger partial charge is 0.142 e. The van der Waals surface area contributed by atoms with E-state index in [0.717, 1.165) is 15.8 Å². The van der Waals surface area contributed by atoms with Crippen molar-refractivity contribution >= 4 is 24.8 Å². The van der Waals surface area contributed by atoms with E-state index in [9.17, 15) is 0 Å². The van der Waals surface area contributed by atoms with E-state index in [1.807, 2.05) is 0 Å². The summed E-state index contributed by atoms with van der Waals surface area (Å²) >= 11 is 8.93. The summed E-state index contributed by atoms with van der Waals surface area (Å²) in [4.78, 5) is 1.05. The van der Waals surface area contributed by atoms with Crippen molar-refractivity contribution in [2.24, 2.45) is 0 Å². The monoisotopic (exact) mass is 130 g/mol. The smallest absolute Gasteiger partial charge is 0.0557 e. The van der Waals surface area contributed by atoms with Crippen LogP contribution in [0, 0.1) is 4.51 Å². The Hall–Kier alpha value is 0.180. The van der Waals surface area contributed by atoms with Crippen molar-refractivity contribution < 1.29 is 0 Å². The Balaban J connectivity index is 2.81. The summed E-state index contributed by atoms with van der Waals surface area (Å²) in [5, 5.41) is 0. The molecule has 0 unspecified atom stereocenters. The molecule has 0 N–H and O–H groups in total. The molecule has 0 spiro atoms. The molecule has 0 nitrogen and oxygen atoms in total. The van der Waals surface area contributed by atoms with E-state index < -0.39 is 0 Å². The second kappa shape index (κ2) is 1.60. The Morgan fingerprint density at radius 3 is 2.14 bits per heavy atom. The first-order valence-corrected chi connectivity index (χ1v) is 3.09. The highest BCUT2D eigenvalue weighted by molar-refractivity contribution is 7.81. The van der Waals surface area contributed by atoms with Gasteiger partial charge in [0, 0.05) is 4.90 Å². The van der Waals surface area contributed by atoms with Crippen molar-refractivity contribution in [1.82, 2.24) is 0 Å². The zero-order valence-electron chi connectivity index (χ0n) is 4.06. The molecule has 1 rings (SSSR count). The highest BCUT2D eigenvalue weighted by atomic mass is 32.1. The van der Waals surface area contributed by atoms with Crippen molar-refractivity contribution in [3.63, 3.8) is 0 Å². The van der Waals surface area contributed by atoms with E-state index in [0.29, 0.717) is 0 Å². The van der Waals surface area contributed by atoms with Crippen LogP contribution in [0.5, 0.6) is 0 Å². The molecular formula is C5H6S2. The SMILES string of the molecule is CCc1c(S)c1=S. The van der Waals surface area contributed by atoms with Gasteiger partial charge in [-0.3, -0.25) is 0 Å². The molecule has 1 aromatic carbocycles. The Bertz CT molecular complexity index is 181. The molecular weight excluding hydrogens is 124 g/mol. The lowest BCUT2D eigenvalue weighted by molar-refractivity contribution is 1.17. The van der Waals surface area contributed by atoms with Gasteiger partial charge < -0.3 is 0 Å². The summed E-state index contributed by atoms with van der Waals surface area (Å²) in [5.41, 5.74) is 1.28. The zero-order valence-corrected chi connectivity index (χ0v) is 5.77. The van der Waals surface area contributed by atoms with Gasteiger partial charge in [-0.05, 0) is 12.0 Å². The number of hydrogen-bond acceptors (Lipinski definition) is 2. The first kappa shape index (κ1) is 5.32. The fraction of sp³-hybridized carbons (Fsp3) is 0.400. The van der Waals surface area contributed by atoms with Crippen LogP contribution in [0.15, 0.2) is 4.90 Å². The lowest BCUT2D eigenvalue weighted by Crippen LogP contribution is -1.56. The fourth-order valence-corrected chi connectivity index (χ4v) is 1.27. The molecule has 0 aliphatic rings. The Kier molecular flexibility index (Phi) is 1.22. The van der Waals surface area contributed by atoms with Gasteiger partial charge in [-0.1, -0.05) is 19.1 Å². The molecule has 0 bridgehead atoms. The van der Waals surface area contributed by atoms with Crippen LogP contribution in [-0.4, -0.2) is 0 Å². The van der Waals surface area contributed by atoms with E-state index in [-0.39, 0.29) is 0 Å². The standard InChI is InChI=1S/C5H6S2/c1-2-3-4(6)5(3)7/h6H,2H2,1H3. The average Bonchev–Trinajstić information content (AvgIpc) is 2.17. The summed E-state index contributed by atoms with van der Waals surface area (Å²) in [7, 11) is 0. The maximum atomic E-state index is 4.84. The third-order valence-electron chi connectivity index (χ3n) is 1.07. The van der Waals surface area contributed by atoms with E-state index >= 15 is 0 Å². The summed E-state index contributed by atoms with van der Waals surface area (Å²) in [6.45, 7) is 2.09. The van der Waals surface area contributed by atoms with Gasteiger partial charge in [-0.2, -0.15) is 0 Å². The van der Waals surface area contributed by atoms with Crippen LogP contribution in [-0.2, 0) is 6.42 Å². The van der Waals surface area contributed by atoms with Gasteiger partial charge in [0.15, 0.2) is 0 Å². The minimum Gasteiger partial charge on any atom is -0.142 e. The number of rotatable bonds is 1. The molecule has 1 aromatic rings. The Labute approximate surface area is 53.6 Å².